The zero-order chi connectivity index (χ0) is 18.1. The Bertz CT molecular complexity index is 911. The van der Waals surface area contributed by atoms with E-state index in [1.54, 1.807) is 16.2 Å². The highest BCUT2D eigenvalue weighted by Crippen LogP contribution is 2.29. The number of thiazole rings is 1. The first-order chi connectivity index (χ1) is 11.9. The van der Waals surface area contributed by atoms with Gasteiger partial charge in [0.2, 0.25) is 0 Å². The number of amides is 2. The third-order valence-electron chi connectivity index (χ3n) is 4.47. The number of nitrogens with zero attached hydrogens (tertiary/aromatic N) is 2. The summed E-state index contributed by atoms with van der Waals surface area (Å²) in [6.07, 6.45) is 0.921. The monoisotopic (exact) mass is 356 g/mol. The molecule has 2 aromatic heterocycles. The van der Waals surface area contributed by atoms with E-state index in [0.29, 0.717) is 0 Å². The molecule has 2 amide bonds. The minimum absolute atomic E-state index is 0.0176. The first-order valence-corrected chi connectivity index (χ1v) is 9.30. The summed E-state index contributed by atoms with van der Waals surface area (Å²) in [5.74, 6) is 0. The lowest BCUT2D eigenvalue weighted by Crippen LogP contribution is -2.33. The molecule has 0 bridgehead atoms. The van der Waals surface area contributed by atoms with Gasteiger partial charge in [0, 0.05) is 34.2 Å². The summed E-state index contributed by atoms with van der Waals surface area (Å²) < 4.78 is 0. The first-order valence-electron chi connectivity index (χ1n) is 8.48. The van der Waals surface area contributed by atoms with E-state index in [4.69, 9.17) is 0 Å². The van der Waals surface area contributed by atoms with E-state index >= 15 is 0 Å². The molecule has 25 heavy (non-hydrogen) atoms. The van der Waals surface area contributed by atoms with Crippen molar-refractivity contribution in [3.05, 3.63) is 45.5 Å². The third-order valence-corrected chi connectivity index (χ3v) is 5.94. The predicted octanol–water partition coefficient (Wildman–Crippen LogP) is 5.03. The second-order valence-corrected chi connectivity index (χ2v) is 7.50. The van der Waals surface area contributed by atoms with Crippen LogP contribution in [0.1, 0.15) is 41.2 Å². The van der Waals surface area contributed by atoms with Crippen LogP contribution in [0.5, 0.6) is 0 Å². The number of aryl methyl sites for hydroxylation is 3. The van der Waals surface area contributed by atoms with Crippen molar-refractivity contribution < 1.29 is 4.79 Å². The van der Waals surface area contributed by atoms with Crippen LogP contribution in [0.25, 0.3) is 10.9 Å². The number of benzene rings is 1. The largest absolute Gasteiger partial charge is 0.359 e. The maximum atomic E-state index is 12.6. The lowest BCUT2D eigenvalue weighted by atomic mass is 10.2. The number of aromatic amines is 1. The van der Waals surface area contributed by atoms with Crippen molar-refractivity contribution in [2.24, 2.45) is 0 Å². The highest BCUT2D eigenvalue weighted by molar-refractivity contribution is 7.11. The summed E-state index contributed by atoms with van der Waals surface area (Å²) in [7, 11) is 1.82. The highest BCUT2D eigenvalue weighted by Gasteiger charge is 2.22. The molecule has 0 aliphatic heterocycles. The molecule has 0 spiro atoms. The van der Waals surface area contributed by atoms with Gasteiger partial charge in [-0.1, -0.05) is 6.92 Å². The van der Waals surface area contributed by atoms with Gasteiger partial charge in [0.15, 0.2) is 0 Å². The number of aromatic nitrogens is 2. The Morgan fingerprint density at radius 1 is 1.36 bits per heavy atom. The van der Waals surface area contributed by atoms with E-state index in [1.165, 1.54) is 0 Å². The SMILES string of the molecule is CCc1nc(C)c(C(C)N(C)C(=O)Nc2ccc3[nH]c(C)cc3c2)s1. The Morgan fingerprint density at radius 3 is 2.80 bits per heavy atom. The van der Waals surface area contributed by atoms with Crippen LogP contribution in [0.15, 0.2) is 24.3 Å². The average Bonchev–Trinajstić information content (AvgIpc) is 3.14. The molecule has 2 N–H and O–H groups in total. The number of fused-ring (bicyclic) bond motifs is 1. The number of H-pyrrole nitrogens is 1. The van der Waals surface area contributed by atoms with Gasteiger partial charge in [-0.25, -0.2) is 9.78 Å². The fourth-order valence-corrected chi connectivity index (χ4v) is 4.03. The van der Waals surface area contributed by atoms with Gasteiger partial charge in [0.25, 0.3) is 0 Å². The van der Waals surface area contributed by atoms with Crippen molar-refractivity contribution in [3.8, 4) is 0 Å². The molecule has 1 aromatic carbocycles. The molecule has 6 heteroatoms. The van der Waals surface area contributed by atoms with Crippen molar-refractivity contribution in [1.29, 1.82) is 0 Å². The molecule has 3 aromatic rings. The van der Waals surface area contributed by atoms with E-state index in [9.17, 15) is 4.79 Å². The third kappa shape index (κ3) is 3.54. The van der Waals surface area contributed by atoms with Crippen LogP contribution in [0.4, 0.5) is 10.5 Å². The van der Waals surface area contributed by atoms with Crippen LogP contribution in [-0.2, 0) is 6.42 Å². The Labute approximate surface area is 152 Å². The van der Waals surface area contributed by atoms with Gasteiger partial charge in [-0.05, 0) is 51.5 Å². The van der Waals surface area contributed by atoms with Crippen LogP contribution in [-0.4, -0.2) is 27.9 Å². The van der Waals surface area contributed by atoms with E-state index in [2.05, 4.69) is 28.3 Å². The van der Waals surface area contributed by atoms with Gasteiger partial charge in [0.1, 0.15) is 0 Å². The summed E-state index contributed by atoms with van der Waals surface area (Å²) in [6, 6.07) is 7.83. The van der Waals surface area contributed by atoms with E-state index < -0.39 is 0 Å². The standard InChI is InChI=1S/C19H24N4OS/c1-6-17-21-12(3)18(25-17)13(4)23(5)19(24)22-15-7-8-16-14(10-15)9-11(2)20-16/h7-10,13,20H,6H2,1-5H3,(H,22,24). The van der Waals surface area contributed by atoms with Crippen LogP contribution in [0.2, 0.25) is 0 Å². The molecular weight excluding hydrogens is 332 g/mol. The summed E-state index contributed by atoms with van der Waals surface area (Å²) >= 11 is 1.69. The van der Waals surface area contributed by atoms with Crippen LogP contribution >= 0.6 is 11.3 Å². The van der Waals surface area contributed by atoms with Gasteiger partial charge in [0.05, 0.1) is 16.7 Å². The molecule has 0 aliphatic carbocycles. The molecular formula is C19H24N4OS. The van der Waals surface area contributed by atoms with Crippen molar-refractivity contribution in [2.45, 2.75) is 40.2 Å². The first kappa shape index (κ1) is 17.5. The molecule has 1 atom stereocenters. The number of nitrogens with one attached hydrogen (secondary N) is 2. The Kier molecular flexibility index (Phi) is 4.81. The molecule has 132 valence electrons. The second-order valence-electron chi connectivity index (χ2n) is 6.38. The van der Waals surface area contributed by atoms with Gasteiger partial charge in [-0.3, -0.25) is 0 Å². The number of carbonyl (C=O) groups is 1. The number of anilines is 1. The van der Waals surface area contributed by atoms with Crippen molar-refractivity contribution in [2.75, 3.05) is 12.4 Å². The summed E-state index contributed by atoms with van der Waals surface area (Å²) in [5, 5.41) is 5.20. The zero-order valence-corrected chi connectivity index (χ0v) is 16.1. The van der Waals surface area contributed by atoms with Crippen molar-refractivity contribution in [3.63, 3.8) is 0 Å². The molecule has 2 heterocycles. The van der Waals surface area contributed by atoms with Gasteiger partial charge >= 0.3 is 6.03 Å². The van der Waals surface area contributed by atoms with E-state index in [1.807, 2.05) is 46.0 Å². The maximum absolute atomic E-state index is 12.6. The Morgan fingerprint density at radius 2 is 2.12 bits per heavy atom. The normalized spacial score (nSPS) is 12.4. The minimum Gasteiger partial charge on any atom is -0.359 e. The quantitative estimate of drug-likeness (QED) is 0.689. The smallest absolute Gasteiger partial charge is 0.322 e. The lowest BCUT2D eigenvalue weighted by molar-refractivity contribution is 0.209. The summed E-state index contributed by atoms with van der Waals surface area (Å²) in [5.41, 5.74) is 3.99. The molecule has 0 fully saturated rings. The molecule has 1 unspecified atom stereocenters. The number of carbonyl (C=O) groups excluding carboxylic acids is 1. The second kappa shape index (κ2) is 6.88. The van der Waals surface area contributed by atoms with E-state index in [-0.39, 0.29) is 12.1 Å². The summed E-state index contributed by atoms with van der Waals surface area (Å²) in [4.78, 5) is 23.4. The van der Waals surface area contributed by atoms with Crippen molar-refractivity contribution in [1.82, 2.24) is 14.9 Å². The molecule has 5 nitrogen and oxygen atoms in total. The molecule has 0 saturated heterocycles. The highest BCUT2D eigenvalue weighted by atomic mass is 32.1. The zero-order valence-electron chi connectivity index (χ0n) is 15.3. The maximum Gasteiger partial charge on any atom is 0.322 e. The van der Waals surface area contributed by atoms with Crippen LogP contribution < -0.4 is 5.32 Å². The fourth-order valence-electron chi connectivity index (χ4n) is 2.92. The summed E-state index contributed by atoms with van der Waals surface area (Å²) in [6.45, 7) is 8.17. The molecule has 3 rings (SSSR count). The van der Waals surface area contributed by atoms with E-state index in [0.717, 1.165) is 44.3 Å². The van der Waals surface area contributed by atoms with Crippen LogP contribution in [0.3, 0.4) is 0 Å². The molecule has 0 aliphatic rings. The molecule has 0 saturated carbocycles. The average molecular weight is 356 g/mol. The number of hydrogen-bond donors (Lipinski definition) is 2. The Hall–Kier alpha value is -2.34. The predicted molar refractivity (Wildman–Crippen MR) is 104 cm³/mol. The molecule has 0 radical (unpaired) electrons. The fraction of sp³-hybridized carbons (Fsp3) is 0.368. The van der Waals surface area contributed by atoms with Crippen LogP contribution in [0, 0.1) is 13.8 Å². The van der Waals surface area contributed by atoms with Gasteiger partial charge in [-0.15, -0.1) is 11.3 Å². The number of hydrogen-bond acceptors (Lipinski definition) is 3. The number of urea groups is 1. The van der Waals surface area contributed by atoms with Gasteiger partial charge in [-0.2, -0.15) is 0 Å². The van der Waals surface area contributed by atoms with Crippen molar-refractivity contribution >= 4 is 34.0 Å². The topological polar surface area (TPSA) is 61.0 Å². The Balaban J connectivity index is 1.75. The lowest BCUT2D eigenvalue weighted by Gasteiger charge is -2.24. The number of rotatable bonds is 4. The minimum atomic E-state index is -0.120. The van der Waals surface area contributed by atoms with Gasteiger partial charge < -0.3 is 15.2 Å².